The molecule has 2 unspecified atom stereocenters. The summed E-state index contributed by atoms with van der Waals surface area (Å²) in [5.41, 5.74) is -0.849. The minimum absolute atomic E-state index is 0.238. The molecular formula is C15H32N2O2. The maximum Gasteiger partial charge on any atom is 0.323 e. The van der Waals surface area contributed by atoms with E-state index < -0.39 is 11.5 Å². The monoisotopic (exact) mass is 272 g/mol. The molecule has 0 saturated heterocycles. The SMILES string of the molecule is CCNC(C)(CC(C)N(CC(C)C)C(C)C)C(=O)O. The molecule has 0 radical (unpaired) electrons. The lowest BCUT2D eigenvalue weighted by molar-refractivity contribution is -0.145. The fourth-order valence-electron chi connectivity index (χ4n) is 2.65. The molecule has 0 rings (SSSR count). The minimum atomic E-state index is -0.849. The Bertz CT molecular complexity index is 279. The third-order valence-corrected chi connectivity index (χ3v) is 3.55. The summed E-state index contributed by atoms with van der Waals surface area (Å²) in [6.45, 7) is 16.3. The predicted octanol–water partition coefficient (Wildman–Crippen LogP) is 2.58. The van der Waals surface area contributed by atoms with Crippen molar-refractivity contribution in [3.05, 3.63) is 0 Å². The molecule has 0 bridgehead atoms. The van der Waals surface area contributed by atoms with E-state index >= 15 is 0 Å². The highest BCUT2D eigenvalue weighted by molar-refractivity contribution is 5.78. The van der Waals surface area contributed by atoms with Crippen LogP contribution in [0, 0.1) is 5.92 Å². The molecule has 0 fully saturated rings. The van der Waals surface area contributed by atoms with Gasteiger partial charge in [-0.3, -0.25) is 9.69 Å². The van der Waals surface area contributed by atoms with Crippen LogP contribution in [0.5, 0.6) is 0 Å². The van der Waals surface area contributed by atoms with Gasteiger partial charge in [0.1, 0.15) is 5.54 Å². The van der Waals surface area contributed by atoms with E-state index in [1.165, 1.54) is 0 Å². The number of hydrogen-bond acceptors (Lipinski definition) is 3. The van der Waals surface area contributed by atoms with Crippen LogP contribution < -0.4 is 5.32 Å². The number of aliphatic carboxylic acids is 1. The summed E-state index contributed by atoms with van der Waals surface area (Å²) >= 11 is 0. The molecule has 4 heteroatoms. The van der Waals surface area contributed by atoms with Crippen molar-refractivity contribution in [3.63, 3.8) is 0 Å². The maximum absolute atomic E-state index is 11.5. The van der Waals surface area contributed by atoms with E-state index in [1.807, 2.05) is 6.92 Å². The molecule has 0 heterocycles. The van der Waals surface area contributed by atoms with Gasteiger partial charge in [-0.15, -0.1) is 0 Å². The van der Waals surface area contributed by atoms with Gasteiger partial charge >= 0.3 is 5.97 Å². The van der Waals surface area contributed by atoms with Gasteiger partial charge in [-0.05, 0) is 46.6 Å². The molecule has 0 aromatic heterocycles. The molecule has 0 aliphatic heterocycles. The summed E-state index contributed by atoms with van der Waals surface area (Å²) in [4.78, 5) is 13.9. The second-order valence-electron chi connectivity index (χ2n) is 6.41. The van der Waals surface area contributed by atoms with Crippen LogP contribution in [0.15, 0.2) is 0 Å². The minimum Gasteiger partial charge on any atom is -0.480 e. The average molecular weight is 272 g/mol. The van der Waals surface area contributed by atoms with Crippen LogP contribution >= 0.6 is 0 Å². The summed E-state index contributed by atoms with van der Waals surface area (Å²) in [6, 6.07) is 0.666. The fraction of sp³-hybridized carbons (Fsp3) is 0.933. The number of carboxylic acids is 1. The molecule has 114 valence electrons. The van der Waals surface area contributed by atoms with E-state index in [0.717, 1.165) is 6.54 Å². The molecule has 0 aliphatic rings. The van der Waals surface area contributed by atoms with Crippen molar-refractivity contribution in [3.8, 4) is 0 Å². The van der Waals surface area contributed by atoms with Gasteiger partial charge in [-0.2, -0.15) is 0 Å². The highest BCUT2D eigenvalue weighted by Gasteiger charge is 2.35. The Morgan fingerprint density at radius 1 is 1.26 bits per heavy atom. The normalized spacial score (nSPS) is 16.9. The van der Waals surface area contributed by atoms with Gasteiger partial charge in [0.25, 0.3) is 0 Å². The summed E-state index contributed by atoms with van der Waals surface area (Å²) in [6.07, 6.45) is 0.612. The Morgan fingerprint density at radius 3 is 2.11 bits per heavy atom. The molecule has 0 aromatic rings. The van der Waals surface area contributed by atoms with Crippen LogP contribution in [0.1, 0.15) is 54.9 Å². The molecular weight excluding hydrogens is 240 g/mol. The lowest BCUT2D eigenvalue weighted by Crippen LogP contribution is -2.54. The molecule has 19 heavy (non-hydrogen) atoms. The molecule has 0 spiro atoms. The standard InChI is InChI=1S/C15H32N2O2/c1-8-16-15(7,14(18)19)9-13(6)17(12(4)5)10-11(2)3/h11-13,16H,8-10H2,1-7H3,(H,18,19). The smallest absolute Gasteiger partial charge is 0.323 e. The quantitative estimate of drug-likeness (QED) is 0.677. The lowest BCUT2D eigenvalue weighted by Gasteiger charge is -2.38. The van der Waals surface area contributed by atoms with Gasteiger partial charge < -0.3 is 10.4 Å². The maximum atomic E-state index is 11.5. The van der Waals surface area contributed by atoms with Crippen molar-refractivity contribution in [1.82, 2.24) is 10.2 Å². The summed E-state index contributed by atoms with van der Waals surface area (Å²) in [5.74, 6) is -0.186. The first kappa shape index (κ1) is 18.4. The van der Waals surface area contributed by atoms with E-state index in [1.54, 1.807) is 6.92 Å². The fourth-order valence-corrected chi connectivity index (χ4v) is 2.65. The van der Waals surface area contributed by atoms with Gasteiger partial charge in [-0.1, -0.05) is 20.8 Å². The Morgan fingerprint density at radius 2 is 1.79 bits per heavy atom. The molecule has 0 saturated carbocycles. The first-order valence-corrected chi connectivity index (χ1v) is 7.38. The third-order valence-electron chi connectivity index (χ3n) is 3.55. The number of likely N-dealkylation sites (N-methyl/N-ethyl adjacent to an activating group) is 1. The average Bonchev–Trinajstić information content (AvgIpc) is 2.25. The largest absolute Gasteiger partial charge is 0.480 e. The van der Waals surface area contributed by atoms with Crippen molar-refractivity contribution >= 4 is 5.97 Å². The van der Waals surface area contributed by atoms with Crippen molar-refractivity contribution in [1.29, 1.82) is 0 Å². The lowest BCUT2D eigenvalue weighted by atomic mass is 9.92. The highest BCUT2D eigenvalue weighted by Crippen LogP contribution is 2.20. The second-order valence-corrected chi connectivity index (χ2v) is 6.41. The summed E-state index contributed by atoms with van der Waals surface area (Å²) < 4.78 is 0. The van der Waals surface area contributed by atoms with Crippen molar-refractivity contribution < 1.29 is 9.90 Å². The predicted molar refractivity (Wildman–Crippen MR) is 80.5 cm³/mol. The van der Waals surface area contributed by atoms with Gasteiger partial charge in [0.15, 0.2) is 0 Å². The zero-order valence-electron chi connectivity index (χ0n) is 13.7. The number of nitrogens with one attached hydrogen (secondary N) is 1. The Labute approximate surface area is 118 Å². The van der Waals surface area contributed by atoms with Crippen molar-refractivity contribution in [2.24, 2.45) is 5.92 Å². The Hall–Kier alpha value is -0.610. The van der Waals surface area contributed by atoms with Crippen LogP contribution in [-0.4, -0.2) is 46.7 Å². The van der Waals surface area contributed by atoms with Crippen molar-refractivity contribution in [2.45, 2.75) is 72.5 Å². The zero-order valence-corrected chi connectivity index (χ0v) is 13.7. The van der Waals surface area contributed by atoms with E-state index in [4.69, 9.17) is 0 Å². The molecule has 4 nitrogen and oxygen atoms in total. The molecule has 2 atom stereocenters. The number of carboxylic acid groups (broad SMARTS) is 1. The molecule has 0 aliphatic carbocycles. The van der Waals surface area contributed by atoms with E-state index in [0.29, 0.717) is 24.9 Å². The molecule has 2 N–H and O–H groups in total. The molecule has 0 amide bonds. The second kappa shape index (κ2) is 7.85. The summed E-state index contributed by atoms with van der Waals surface area (Å²) in [7, 11) is 0. The van der Waals surface area contributed by atoms with E-state index in [9.17, 15) is 9.90 Å². The first-order chi connectivity index (χ1) is 8.64. The Kier molecular flexibility index (Phi) is 7.60. The van der Waals surface area contributed by atoms with Gasteiger partial charge in [-0.25, -0.2) is 0 Å². The number of carbonyl (C=O) groups is 1. The van der Waals surface area contributed by atoms with E-state index in [2.05, 4.69) is 44.8 Å². The summed E-state index contributed by atoms with van der Waals surface area (Å²) in [5, 5.41) is 12.5. The zero-order chi connectivity index (χ0) is 15.2. The molecule has 0 aromatic carbocycles. The van der Waals surface area contributed by atoms with Crippen LogP contribution in [0.3, 0.4) is 0 Å². The van der Waals surface area contributed by atoms with Crippen molar-refractivity contribution in [2.75, 3.05) is 13.1 Å². The first-order valence-electron chi connectivity index (χ1n) is 7.38. The van der Waals surface area contributed by atoms with Crippen LogP contribution in [-0.2, 0) is 4.79 Å². The number of hydrogen-bond donors (Lipinski definition) is 2. The van der Waals surface area contributed by atoms with Gasteiger partial charge in [0, 0.05) is 18.6 Å². The van der Waals surface area contributed by atoms with Gasteiger partial charge in [0.05, 0.1) is 0 Å². The van der Waals surface area contributed by atoms with Crippen LogP contribution in [0.2, 0.25) is 0 Å². The third kappa shape index (κ3) is 5.91. The van der Waals surface area contributed by atoms with Crippen LogP contribution in [0.25, 0.3) is 0 Å². The van der Waals surface area contributed by atoms with Gasteiger partial charge in [0.2, 0.25) is 0 Å². The number of nitrogens with zero attached hydrogens (tertiary/aromatic N) is 1. The Balaban J connectivity index is 4.85. The van der Waals surface area contributed by atoms with E-state index in [-0.39, 0.29) is 6.04 Å². The number of rotatable bonds is 9. The topological polar surface area (TPSA) is 52.6 Å². The van der Waals surface area contributed by atoms with Crippen LogP contribution in [0.4, 0.5) is 0 Å². The highest BCUT2D eigenvalue weighted by atomic mass is 16.4.